The van der Waals surface area contributed by atoms with Gasteiger partial charge in [-0.3, -0.25) is 9.69 Å². The minimum atomic E-state index is 0.108. The molecule has 150 valence electrons. The van der Waals surface area contributed by atoms with E-state index in [0.717, 1.165) is 55.5 Å². The average Bonchev–Trinajstić information content (AvgIpc) is 2.70. The number of hydrogen-bond donors (Lipinski definition) is 1. The highest BCUT2D eigenvalue weighted by Crippen LogP contribution is 2.19. The van der Waals surface area contributed by atoms with Crippen molar-refractivity contribution in [2.24, 2.45) is 5.92 Å². The van der Waals surface area contributed by atoms with Crippen LogP contribution in [0.2, 0.25) is 5.02 Å². The summed E-state index contributed by atoms with van der Waals surface area (Å²) in [6.45, 7) is 5.69. The highest BCUT2D eigenvalue weighted by atomic mass is 35.5. The summed E-state index contributed by atoms with van der Waals surface area (Å²) in [5, 5.41) is 3.91. The van der Waals surface area contributed by atoms with Crippen molar-refractivity contribution >= 4 is 29.3 Å². The van der Waals surface area contributed by atoms with Gasteiger partial charge in [-0.1, -0.05) is 53.6 Å². The zero-order valence-electron chi connectivity index (χ0n) is 16.5. The van der Waals surface area contributed by atoms with Crippen molar-refractivity contribution in [1.82, 2.24) is 10.2 Å². The molecule has 1 fully saturated rings. The molecule has 1 unspecified atom stereocenters. The molecular weight excluding hydrogens is 388 g/mol. The number of hydrogen-bond acceptors (Lipinski definition) is 3. The second-order valence-corrected chi connectivity index (χ2v) is 9.08. The Hall–Kier alpha value is -1.49. The maximum atomic E-state index is 12.6. The summed E-state index contributed by atoms with van der Waals surface area (Å²) >= 11 is 7.84. The van der Waals surface area contributed by atoms with Crippen LogP contribution in [0.3, 0.4) is 0 Å². The van der Waals surface area contributed by atoms with Crippen molar-refractivity contribution < 1.29 is 4.79 Å². The van der Waals surface area contributed by atoms with E-state index >= 15 is 0 Å². The van der Waals surface area contributed by atoms with Crippen molar-refractivity contribution in [1.29, 1.82) is 0 Å². The third-order valence-corrected chi connectivity index (χ3v) is 6.37. The van der Waals surface area contributed by atoms with Crippen molar-refractivity contribution in [2.75, 3.05) is 25.4 Å². The number of carbonyl (C=O) groups is 1. The zero-order valence-corrected chi connectivity index (χ0v) is 18.1. The van der Waals surface area contributed by atoms with Crippen LogP contribution in [0.4, 0.5) is 0 Å². The normalized spacial score (nSPS) is 17.4. The fraction of sp³-hybridized carbons (Fsp3) is 0.435. The molecule has 0 aromatic heterocycles. The summed E-state index contributed by atoms with van der Waals surface area (Å²) < 4.78 is 0. The van der Waals surface area contributed by atoms with Gasteiger partial charge < -0.3 is 5.32 Å². The number of halogens is 1. The summed E-state index contributed by atoms with van der Waals surface area (Å²) in [5.41, 5.74) is 3.83. The maximum Gasteiger partial charge on any atom is 0.224 e. The fourth-order valence-corrected chi connectivity index (χ4v) is 4.59. The molecule has 1 atom stereocenters. The Labute approximate surface area is 177 Å². The first kappa shape index (κ1) is 21.2. The Morgan fingerprint density at radius 2 is 2.04 bits per heavy atom. The van der Waals surface area contributed by atoms with Gasteiger partial charge in [-0.05, 0) is 49.6 Å². The van der Waals surface area contributed by atoms with Crippen molar-refractivity contribution in [3.63, 3.8) is 0 Å². The van der Waals surface area contributed by atoms with E-state index in [9.17, 15) is 4.79 Å². The predicted octanol–water partition coefficient (Wildman–Crippen LogP) is 4.91. The van der Waals surface area contributed by atoms with Gasteiger partial charge in [0, 0.05) is 36.2 Å². The molecule has 0 spiro atoms. The van der Waals surface area contributed by atoms with Gasteiger partial charge in [-0.15, -0.1) is 0 Å². The summed E-state index contributed by atoms with van der Waals surface area (Å²) in [6.07, 6.45) is 2.08. The number of nitrogens with one attached hydrogen (secondary N) is 1. The second-order valence-electron chi connectivity index (χ2n) is 7.53. The first-order chi connectivity index (χ1) is 13.6. The smallest absolute Gasteiger partial charge is 0.224 e. The van der Waals surface area contributed by atoms with Gasteiger partial charge >= 0.3 is 0 Å². The lowest BCUT2D eigenvalue weighted by Crippen LogP contribution is -2.43. The van der Waals surface area contributed by atoms with Crippen molar-refractivity contribution in [3.8, 4) is 0 Å². The highest BCUT2D eigenvalue weighted by Gasteiger charge is 2.25. The average molecular weight is 417 g/mol. The summed E-state index contributed by atoms with van der Waals surface area (Å²) in [6, 6.07) is 16.6. The molecule has 3 rings (SSSR count). The SMILES string of the molecule is Cc1ccc(CN2CCCC(C(=O)NCCSCc3cccc(Cl)c3)C2)cc1. The van der Waals surface area contributed by atoms with E-state index in [1.54, 1.807) is 0 Å². The lowest BCUT2D eigenvalue weighted by molar-refractivity contribution is -0.126. The van der Waals surface area contributed by atoms with Gasteiger partial charge in [-0.2, -0.15) is 11.8 Å². The summed E-state index contributed by atoms with van der Waals surface area (Å²) in [5.74, 6) is 2.15. The molecule has 1 saturated heterocycles. The maximum absolute atomic E-state index is 12.6. The lowest BCUT2D eigenvalue weighted by atomic mass is 9.96. The topological polar surface area (TPSA) is 32.3 Å². The number of piperidine rings is 1. The molecule has 0 saturated carbocycles. The predicted molar refractivity (Wildman–Crippen MR) is 120 cm³/mol. The van der Waals surface area contributed by atoms with Crippen LogP contribution >= 0.6 is 23.4 Å². The van der Waals surface area contributed by atoms with Gasteiger partial charge in [0.25, 0.3) is 0 Å². The van der Waals surface area contributed by atoms with E-state index in [-0.39, 0.29) is 11.8 Å². The first-order valence-corrected chi connectivity index (χ1v) is 11.5. The number of amides is 1. The van der Waals surface area contributed by atoms with Crippen LogP contribution in [0, 0.1) is 12.8 Å². The molecule has 1 aliphatic heterocycles. The molecule has 1 aliphatic rings. The minimum Gasteiger partial charge on any atom is -0.355 e. The molecule has 1 N–H and O–H groups in total. The van der Waals surface area contributed by atoms with E-state index in [1.165, 1.54) is 16.7 Å². The Morgan fingerprint density at radius 1 is 1.21 bits per heavy atom. The van der Waals surface area contributed by atoms with E-state index in [4.69, 9.17) is 11.6 Å². The molecule has 0 radical (unpaired) electrons. The number of benzene rings is 2. The molecular formula is C23H29ClN2OS. The van der Waals surface area contributed by atoms with Crippen molar-refractivity contribution in [3.05, 3.63) is 70.2 Å². The zero-order chi connectivity index (χ0) is 19.8. The molecule has 3 nitrogen and oxygen atoms in total. The number of thioether (sulfide) groups is 1. The number of rotatable bonds is 8. The Morgan fingerprint density at radius 3 is 2.82 bits per heavy atom. The van der Waals surface area contributed by atoms with Crippen LogP contribution in [0.15, 0.2) is 48.5 Å². The first-order valence-electron chi connectivity index (χ1n) is 9.98. The number of nitrogens with zero attached hydrogens (tertiary/aromatic N) is 1. The lowest BCUT2D eigenvalue weighted by Gasteiger charge is -2.32. The highest BCUT2D eigenvalue weighted by molar-refractivity contribution is 7.98. The van der Waals surface area contributed by atoms with Crippen LogP contribution in [0.5, 0.6) is 0 Å². The van der Waals surface area contributed by atoms with E-state index in [2.05, 4.69) is 47.5 Å². The van der Waals surface area contributed by atoms with Crippen molar-refractivity contribution in [2.45, 2.75) is 32.1 Å². The molecule has 0 bridgehead atoms. The van der Waals surface area contributed by atoms with Crippen LogP contribution in [0.1, 0.15) is 29.5 Å². The van der Waals surface area contributed by atoms with E-state index < -0.39 is 0 Å². The van der Waals surface area contributed by atoms with Crippen LogP contribution < -0.4 is 5.32 Å². The fourth-order valence-electron chi connectivity index (χ4n) is 3.57. The van der Waals surface area contributed by atoms with Crippen LogP contribution in [-0.4, -0.2) is 36.2 Å². The largest absolute Gasteiger partial charge is 0.355 e. The molecule has 1 heterocycles. The number of carbonyl (C=O) groups excluding carboxylic acids is 1. The van der Waals surface area contributed by atoms with Crippen LogP contribution in [-0.2, 0) is 17.1 Å². The standard InChI is InChI=1S/C23H29ClN2OS/c1-18-7-9-19(10-8-18)15-26-12-3-5-21(16-26)23(27)25-11-13-28-17-20-4-2-6-22(24)14-20/h2,4,6-10,14,21H,3,5,11-13,15-17H2,1H3,(H,25,27). The third-order valence-electron chi connectivity index (χ3n) is 5.11. The second kappa shape index (κ2) is 10.9. The molecule has 2 aromatic carbocycles. The van der Waals surface area contributed by atoms with Gasteiger partial charge in [0.15, 0.2) is 0 Å². The molecule has 0 aliphatic carbocycles. The molecule has 1 amide bonds. The monoisotopic (exact) mass is 416 g/mol. The Balaban J connectivity index is 1.36. The minimum absolute atomic E-state index is 0.108. The van der Waals surface area contributed by atoms with E-state index in [1.807, 2.05) is 30.0 Å². The van der Waals surface area contributed by atoms with Crippen LogP contribution in [0.25, 0.3) is 0 Å². The summed E-state index contributed by atoms with van der Waals surface area (Å²) in [4.78, 5) is 15.0. The van der Waals surface area contributed by atoms with E-state index in [0.29, 0.717) is 0 Å². The van der Waals surface area contributed by atoms with Gasteiger partial charge in [-0.25, -0.2) is 0 Å². The van der Waals surface area contributed by atoms with Gasteiger partial charge in [0.2, 0.25) is 5.91 Å². The Bertz CT molecular complexity index is 765. The molecule has 28 heavy (non-hydrogen) atoms. The van der Waals surface area contributed by atoms with Gasteiger partial charge in [0.1, 0.15) is 0 Å². The number of likely N-dealkylation sites (tertiary alicyclic amines) is 1. The Kier molecular flexibility index (Phi) is 8.26. The summed E-state index contributed by atoms with van der Waals surface area (Å²) in [7, 11) is 0. The third kappa shape index (κ3) is 6.84. The molecule has 5 heteroatoms. The van der Waals surface area contributed by atoms with Gasteiger partial charge in [0.05, 0.1) is 5.92 Å². The number of aryl methyl sites for hydroxylation is 1. The molecule has 2 aromatic rings. The quantitative estimate of drug-likeness (QED) is 0.620.